The standard InChI is InChI=1S/C10H11F4NO2/c11-8-7(6-16)2-4-15-9(8)17-5-1-3-10(12,13)14/h2,4,16H,1,3,5-6H2. The Hall–Kier alpha value is -1.37. The summed E-state index contributed by atoms with van der Waals surface area (Å²) in [7, 11) is 0. The van der Waals surface area contributed by atoms with Crippen molar-refractivity contribution in [1.82, 2.24) is 4.98 Å². The van der Waals surface area contributed by atoms with Crippen molar-refractivity contribution < 1.29 is 27.4 Å². The van der Waals surface area contributed by atoms with Crippen molar-refractivity contribution in [2.75, 3.05) is 6.61 Å². The van der Waals surface area contributed by atoms with E-state index in [0.717, 1.165) is 0 Å². The van der Waals surface area contributed by atoms with Crippen LogP contribution in [0.4, 0.5) is 17.6 Å². The number of halogens is 4. The predicted molar refractivity (Wildman–Crippen MR) is 50.9 cm³/mol. The summed E-state index contributed by atoms with van der Waals surface area (Å²) < 4.78 is 53.5. The Balaban J connectivity index is 2.47. The molecule has 0 spiro atoms. The Labute approximate surface area is 95.0 Å². The molecule has 96 valence electrons. The number of hydrogen-bond acceptors (Lipinski definition) is 3. The van der Waals surface area contributed by atoms with Gasteiger partial charge in [-0.3, -0.25) is 0 Å². The maximum atomic E-state index is 13.4. The van der Waals surface area contributed by atoms with Crippen LogP contribution in [0.15, 0.2) is 12.3 Å². The smallest absolute Gasteiger partial charge is 0.389 e. The molecule has 0 radical (unpaired) electrons. The number of alkyl halides is 3. The van der Waals surface area contributed by atoms with Gasteiger partial charge in [0.25, 0.3) is 5.88 Å². The third-order valence-corrected chi connectivity index (χ3v) is 1.95. The maximum absolute atomic E-state index is 13.4. The van der Waals surface area contributed by atoms with E-state index in [0.29, 0.717) is 0 Å². The molecule has 0 aliphatic rings. The normalized spacial score (nSPS) is 11.6. The number of aliphatic hydroxyl groups excluding tert-OH is 1. The summed E-state index contributed by atoms with van der Waals surface area (Å²) in [6.45, 7) is -0.800. The van der Waals surface area contributed by atoms with E-state index in [4.69, 9.17) is 9.84 Å². The number of ether oxygens (including phenoxy) is 1. The van der Waals surface area contributed by atoms with Gasteiger partial charge in [-0.25, -0.2) is 9.37 Å². The summed E-state index contributed by atoms with van der Waals surface area (Å²) in [6.07, 6.45) is -4.29. The lowest BCUT2D eigenvalue weighted by Gasteiger charge is -2.09. The molecule has 0 atom stereocenters. The molecule has 0 aliphatic heterocycles. The van der Waals surface area contributed by atoms with Crippen LogP contribution in [0.3, 0.4) is 0 Å². The fourth-order valence-electron chi connectivity index (χ4n) is 1.13. The number of pyridine rings is 1. The molecule has 0 saturated heterocycles. The number of nitrogens with zero attached hydrogens (tertiary/aromatic N) is 1. The third kappa shape index (κ3) is 4.56. The minimum absolute atomic E-state index is 0.00850. The lowest BCUT2D eigenvalue weighted by Crippen LogP contribution is -2.10. The third-order valence-electron chi connectivity index (χ3n) is 1.95. The van der Waals surface area contributed by atoms with Crippen molar-refractivity contribution >= 4 is 0 Å². The average Bonchev–Trinajstić information content (AvgIpc) is 2.25. The van der Waals surface area contributed by atoms with E-state index in [-0.39, 0.29) is 18.6 Å². The largest absolute Gasteiger partial charge is 0.476 e. The zero-order chi connectivity index (χ0) is 12.9. The molecule has 1 heterocycles. The molecule has 0 aromatic carbocycles. The van der Waals surface area contributed by atoms with E-state index in [1.165, 1.54) is 12.3 Å². The first-order valence-electron chi connectivity index (χ1n) is 4.88. The van der Waals surface area contributed by atoms with Gasteiger partial charge in [-0.15, -0.1) is 0 Å². The van der Waals surface area contributed by atoms with Crippen LogP contribution in [0, 0.1) is 5.82 Å². The van der Waals surface area contributed by atoms with E-state index >= 15 is 0 Å². The summed E-state index contributed by atoms with van der Waals surface area (Å²) in [6, 6.07) is 1.26. The van der Waals surface area contributed by atoms with Crippen LogP contribution in [-0.2, 0) is 6.61 Å². The lowest BCUT2D eigenvalue weighted by atomic mass is 10.2. The summed E-state index contributed by atoms with van der Waals surface area (Å²) in [5, 5.41) is 8.75. The average molecular weight is 253 g/mol. The van der Waals surface area contributed by atoms with Crippen molar-refractivity contribution in [1.29, 1.82) is 0 Å². The fraction of sp³-hybridized carbons (Fsp3) is 0.500. The van der Waals surface area contributed by atoms with Crippen LogP contribution in [0.1, 0.15) is 18.4 Å². The van der Waals surface area contributed by atoms with Gasteiger partial charge in [0, 0.05) is 18.2 Å². The molecule has 0 fully saturated rings. The van der Waals surface area contributed by atoms with Gasteiger partial charge in [-0.2, -0.15) is 13.2 Å². The SMILES string of the molecule is OCc1ccnc(OCCCC(F)(F)F)c1F. The molecule has 7 heteroatoms. The van der Waals surface area contributed by atoms with Gasteiger partial charge in [0.1, 0.15) is 0 Å². The molecule has 1 N–H and O–H groups in total. The first-order valence-corrected chi connectivity index (χ1v) is 4.88. The zero-order valence-corrected chi connectivity index (χ0v) is 8.80. The molecular formula is C10H11F4NO2. The summed E-state index contributed by atoms with van der Waals surface area (Å²) >= 11 is 0. The Kier molecular flexibility index (Phi) is 4.68. The Bertz CT molecular complexity index is 368. The fourth-order valence-corrected chi connectivity index (χ4v) is 1.13. The predicted octanol–water partition coefficient (Wildman–Crippen LogP) is 2.43. The minimum atomic E-state index is -4.25. The molecule has 1 aromatic rings. The molecule has 17 heavy (non-hydrogen) atoms. The molecular weight excluding hydrogens is 242 g/mol. The van der Waals surface area contributed by atoms with Gasteiger partial charge in [0.05, 0.1) is 13.2 Å². The topological polar surface area (TPSA) is 42.4 Å². The second-order valence-corrected chi connectivity index (χ2v) is 3.31. The van der Waals surface area contributed by atoms with E-state index in [2.05, 4.69) is 4.98 Å². The van der Waals surface area contributed by atoms with Gasteiger partial charge < -0.3 is 9.84 Å². The molecule has 3 nitrogen and oxygen atoms in total. The zero-order valence-electron chi connectivity index (χ0n) is 8.80. The highest BCUT2D eigenvalue weighted by Gasteiger charge is 2.26. The molecule has 1 rings (SSSR count). The molecule has 0 amide bonds. The first-order chi connectivity index (χ1) is 7.94. The number of hydrogen-bond donors (Lipinski definition) is 1. The highest BCUT2D eigenvalue weighted by atomic mass is 19.4. The maximum Gasteiger partial charge on any atom is 0.389 e. The van der Waals surface area contributed by atoms with E-state index in [9.17, 15) is 17.6 Å². The minimum Gasteiger partial charge on any atom is -0.476 e. The highest BCUT2D eigenvalue weighted by Crippen LogP contribution is 2.22. The number of aromatic nitrogens is 1. The van der Waals surface area contributed by atoms with Crippen molar-refractivity contribution in [2.24, 2.45) is 0 Å². The van der Waals surface area contributed by atoms with Crippen LogP contribution in [-0.4, -0.2) is 22.9 Å². The van der Waals surface area contributed by atoms with Crippen LogP contribution < -0.4 is 4.74 Å². The Morgan fingerprint density at radius 2 is 2.06 bits per heavy atom. The molecule has 1 aromatic heterocycles. The first kappa shape index (κ1) is 13.7. The van der Waals surface area contributed by atoms with Gasteiger partial charge in [-0.1, -0.05) is 0 Å². The van der Waals surface area contributed by atoms with Gasteiger partial charge in [0.2, 0.25) is 0 Å². The van der Waals surface area contributed by atoms with E-state index < -0.39 is 30.9 Å². The van der Waals surface area contributed by atoms with E-state index in [1.54, 1.807) is 0 Å². The summed E-state index contributed by atoms with van der Waals surface area (Å²) in [5.74, 6) is -1.24. The lowest BCUT2D eigenvalue weighted by molar-refractivity contribution is -0.136. The second-order valence-electron chi connectivity index (χ2n) is 3.31. The van der Waals surface area contributed by atoms with Gasteiger partial charge in [0.15, 0.2) is 5.82 Å². The molecule has 0 saturated carbocycles. The highest BCUT2D eigenvalue weighted by molar-refractivity contribution is 5.22. The quantitative estimate of drug-likeness (QED) is 0.647. The monoisotopic (exact) mass is 253 g/mol. The van der Waals surface area contributed by atoms with Gasteiger partial charge >= 0.3 is 6.18 Å². The van der Waals surface area contributed by atoms with Crippen LogP contribution in [0.25, 0.3) is 0 Å². The number of rotatable bonds is 5. The van der Waals surface area contributed by atoms with Crippen molar-refractivity contribution in [3.8, 4) is 5.88 Å². The molecule has 0 aliphatic carbocycles. The molecule has 0 bridgehead atoms. The van der Waals surface area contributed by atoms with Crippen molar-refractivity contribution in [3.63, 3.8) is 0 Å². The van der Waals surface area contributed by atoms with Crippen molar-refractivity contribution in [3.05, 3.63) is 23.6 Å². The van der Waals surface area contributed by atoms with Gasteiger partial charge in [-0.05, 0) is 12.5 Å². The summed E-state index contributed by atoms with van der Waals surface area (Å²) in [4.78, 5) is 3.53. The second kappa shape index (κ2) is 5.81. The number of aliphatic hydroxyl groups is 1. The van der Waals surface area contributed by atoms with Crippen LogP contribution in [0.2, 0.25) is 0 Å². The summed E-state index contributed by atoms with van der Waals surface area (Å²) in [5.41, 5.74) is -0.00850. The Morgan fingerprint density at radius 3 is 2.65 bits per heavy atom. The van der Waals surface area contributed by atoms with Crippen LogP contribution in [0.5, 0.6) is 5.88 Å². The Morgan fingerprint density at radius 1 is 1.35 bits per heavy atom. The van der Waals surface area contributed by atoms with E-state index in [1.807, 2.05) is 0 Å². The molecule has 0 unspecified atom stereocenters. The van der Waals surface area contributed by atoms with Crippen LogP contribution >= 0.6 is 0 Å². The van der Waals surface area contributed by atoms with Crippen molar-refractivity contribution in [2.45, 2.75) is 25.6 Å².